The highest BCUT2D eigenvalue weighted by atomic mass is 35.5. The predicted molar refractivity (Wildman–Crippen MR) is 114 cm³/mol. The van der Waals surface area contributed by atoms with Crippen LogP contribution >= 0.6 is 23.2 Å². The molecular weight excluding hydrogens is 452 g/mol. The summed E-state index contributed by atoms with van der Waals surface area (Å²) in [6.07, 6.45) is 0. The highest BCUT2D eigenvalue weighted by molar-refractivity contribution is 7.92. The lowest BCUT2D eigenvalue weighted by Crippen LogP contribution is -2.38. The zero-order chi connectivity index (χ0) is 21.5. The number of amides is 1. The molecular formula is C20H14Cl2FN3O3S. The number of sulfonamides is 1. The van der Waals surface area contributed by atoms with Crippen molar-refractivity contribution in [1.82, 2.24) is 5.43 Å². The molecule has 0 atom stereocenters. The molecule has 1 aliphatic rings. The van der Waals surface area contributed by atoms with Gasteiger partial charge in [0, 0.05) is 12.2 Å². The summed E-state index contributed by atoms with van der Waals surface area (Å²) in [5.74, 6) is -1.50. The third kappa shape index (κ3) is 3.63. The van der Waals surface area contributed by atoms with Gasteiger partial charge >= 0.3 is 0 Å². The largest absolute Gasteiger partial charge is 0.322 e. The fourth-order valence-corrected chi connectivity index (χ4v) is 5.20. The van der Waals surface area contributed by atoms with Crippen molar-refractivity contribution in [3.05, 3.63) is 87.7 Å². The molecule has 0 aromatic heterocycles. The molecule has 0 radical (unpaired) electrons. The maximum atomic E-state index is 14.0. The first-order chi connectivity index (χ1) is 14.3. The minimum atomic E-state index is -4.00. The fraction of sp³-hybridized carbons (Fsp3) is 0.0500. The van der Waals surface area contributed by atoms with Crippen molar-refractivity contribution in [1.29, 1.82) is 0 Å². The van der Waals surface area contributed by atoms with Crippen LogP contribution in [-0.2, 0) is 16.6 Å². The number of anilines is 2. The number of rotatable bonds is 4. The smallest absolute Gasteiger partial charge is 0.279 e. The van der Waals surface area contributed by atoms with Gasteiger partial charge in [0.1, 0.15) is 10.7 Å². The Balaban J connectivity index is 1.67. The van der Waals surface area contributed by atoms with Crippen LogP contribution in [0.5, 0.6) is 0 Å². The van der Waals surface area contributed by atoms with E-state index in [1.54, 1.807) is 24.3 Å². The maximum absolute atomic E-state index is 14.0. The molecule has 0 fully saturated rings. The summed E-state index contributed by atoms with van der Waals surface area (Å²) < 4.78 is 41.2. The van der Waals surface area contributed by atoms with Gasteiger partial charge in [0.25, 0.3) is 15.9 Å². The van der Waals surface area contributed by atoms with E-state index in [-0.39, 0.29) is 32.7 Å². The minimum Gasteiger partial charge on any atom is -0.322 e. The molecule has 154 valence electrons. The quantitative estimate of drug-likeness (QED) is 0.590. The van der Waals surface area contributed by atoms with Crippen LogP contribution in [0.4, 0.5) is 15.8 Å². The average molecular weight is 466 g/mol. The number of nitrogens with zero attached hydrogens (tertiary/aromatic N) is 1. The Hall–Kier alpha value is -2.65. The highest BCUT2D eigenvalue weighted by Crippen LogP contribution is 2.34. The van der Waals surface area contributed by atoms with Crippen LogP contribution in [0.2, 0.25) is 10.0 Å². The van der Waals surface area contributed by atoms with Gasteiger partial charge in [-0.15, -0.1) is 0 Å². The van der Waals surface area contributed by atoms with Crippen LogP contribution in [0.3, 0.4) is 0 Å². The topological polar surface area (TPSA) is 78.5 Å². The number of hydrazine groups is 1. The second kappa shape index (κ2) is 7.88. The van der Waals surface area contributed by atoms with Gasteiger partial charge in [-0.05, 0) is 42.0 Å². The first kappa shape index (κ1) is 20.6. The Bertz CT molecular complexity index is 1250. The molecule has 0 unspecified atom stereocenters. The summed E-state index contributed by atoms with van der Waals surface area (Å²) in [7, 11) is -4.00. The number of hydrogen-bond acceptors (Lipinski definition) is 4. The van der Waals surface area contributed by atoms with Gasteiger partial charge in [0.05, 0.1) is 21.3 Å². The molecule has 1 aliphatic heterocycles. The van der Waals surface area contributed by atoms with E-state index in [1.807, 2.05) is 0 Å². The number of halogens is 3. The van der Waals surface area contributed by atoms with Gasteiger partial charge in [-0.25, -0.2) is 9.82 Å². The van der Waals surface area contributed by atoms with Crippen molar-refractivity contribution in [2.45, 2.75) is 11.4 Å². The average Bonchev–Trinajstić information content (AvgIpc) is 3.12. The molecule has 1 heterocycles. The molecule has 4 rings (SSSR count). The first-order valence-corrected chi connectivity index (χ1v) is 10.9. The van der Waals surface area contributed by atoms with Gasteiger partial charge in [-0.3, -0.25) is 4.79 Å². The number of carbonyl (C=O) groups excluding carboxylic acids is 1. The van der Waals surface area contributed by atoms with Crippen molar-refractivity contribution < 1.29 is 17.6 Å². The van der Waals surface area contributed by atoms with Crippen molar-refractivity contribution in [2.75, 3.05) is 9.73 Å². The number of benzene rings is 3. The van der Waals surface area contributed by atoms with Crippen molar-refractivity contribution in [2.24, 2.45) is 0 Å². The molecule has 2 N–H and O–H groups in total. The highest BCUT2D eigenvalue weighted by Gasteiger charge is 2.32. The molecule has 3 aromatic rings. The molecule has 0 saturated carbocycles. The summed E-state index contributed by atoms with van der Waals surface area (Å²) in [6.45, 7) is 0.270. The summed E-state index contributed by atoms with van der Waals surface area (Å²) in [6, 6.07) is 14.8. The lowest BCUT2D eigenvalue weighted by Gasteiger charge is -2.20. The standard InChI is InChI=1S/C20H14Cl2FN3O3S/c21-14-4-1-2-7-18(14)30(28,29)26-17-10-13(9-8-12(17)11-24-26)25-20(27)19-15(22)5-3-6-16(19)23/h1-10,24H,11H2,(H,25,27). The lowest BCUT2D eigenvalue weighted by atomic mass is 10.1. The Morgan fingerprint density at radius 2 is 1.77 bits per heavy atom. The van der Waals surface area contributed by atoms with E-state index >= 15 is 0 Å². The zero-order valence-corrected chi connectivity index (χ0v) is 17.5. The first-order valence-electron chi connectivity index (χ1n) is 8.70. The molecule has 0 saturated heterocycles. The SMILES string of the molecule is O=C(Nc1ccc2c(c1)N(S(=O)(=O)c1ccccc1Cl)NC2)c1c(F)cccc1Cl. The van der Waals surface area contributed by atoms with Crippen molar-refractivity contribution in [3.8, 4) is 0 Å². The molecule has 3 aromatic carbocycles. The number of hydrogen-bond donors (Lipinski definition) is 2. The van der Waals surface area contributed by atoms with Crippen molar-refractivity contribution >= 4 is 50.5 Å². The molecule has 1 amide bonds. The summed E-state index contributed by atoms with van der Waals surface area (Å²) in [5, 5.41) is 2.61. The van der Waals surface area contributed by atoms with Crippen LogP contribution < -0.4 is 15.2 Å². The number of nitrogens with one attached hydrogen (secondary N) is 2. The summed E-state index contributed by atoms with van der Waals surface area (Å²) in [4.78, 5) is 12.4. The predicted octanol–water partition coefficient (Wildman–Crippen LogP) is 4.60. The Morgan fingerprint density at radius 1 is 1.03 bits per heavy atom. The van der Waals surface area contributed by atoms with Crippen LogP contribution in [0, 0.1) is 5.82 Å². The third-order valence-corrected chi connectivity index (χ3v) is 6.99. The van der Waals surface area contributed by atoms with Gasteiger partial charge in [0.15, 0.2) is 0 Å². The van der Waals surface area contributed by atoms with Gasteiger partial charge in [-0.2, -0.15) is 12.8 Å². The van der Waals surface area contributed by atoms with Gasteiger partial charge in [0.2, 0.25) is 0 Å². The van der Waals surface area contributed by atoms with Gasteiger partial charge < -0.3 is 5.32 Å². The molecule has 6 nitrogen and oxygen atoms in total. The van der Waals surface area contributed by atoms with Crippen LogP contribution in [0.15, 0.2) is 65.6 Å². The van der Waals surface area contributed by atoms with E-state index in [2.05, 4.69) is 10.7 Å². The number of carbonyl (C=O) groups is 1. The van der Waals surface area contributed by atoms with E-state index in [0.29, 0.717) is 11.3 Å². The van der Waals surface area contributed by atoms with E-state index < -0.39 is 21.7 Å². The van der Waals surface area contributed by atoms with E-state index in [0.717, 1.165) is 10.5 Å². The Labute approximate surface area is 182 Å². The van der Waals surface area contributed by atoms with E-state index in [9.17, 15) is 17.6 Å². The second-order valence-corrected chi connectivity index (χ2v) is 9.00. The molecule has 10 heteroatoms. The zero-order valence-electron chi connectivity index (χ0n) is 15.2. The van der Waals surface area contributed by atoms with Gasteiger partial charge in [-0.1, -0.05) is 47.5 Å². The molecule has 0 spiro atoms. The summed E-state index contributed by atoms with van der Waals surface area (Å²) in [5.41, 5.74) is 3.82. The Morgan fingerprint density at radius 3 is 2.50 bits per heavy atom. The number of fused-ring (bicyclic) bond motifs is 1. The van der Waals surface area contributed by atoms with Crippen LogP contribution in [-0.4, -0.2) is 14.3 Å². The van der Waals surface area contributed by atoms with E-state index in [1.165, 1.54) is 30.3 Å². The van der Waals surface area contributed by atoms with Crippen LogP contribution in [0.25, 0.3) is 0 Å². The summed E-state index contributed by atoms with van der Waals surface area (Å²) >= 11 is 12.0. The fourth-order valence-electron chi connectivity index (χ4n) is 3.10. The lowest BCUT2D eigenvalue weighted by molar-refractivity contribution is 0.102. The van der Waals surface area contributed by atoms with Crippen molar-refractivity contribution in [3.63, 3.8) is 0 Å². The molecule has 0 bridgehead atoms. The normalized spacial score (nSPS) is 13.2. The maximum Gasteiger partial charge on any atom is 0.279 e. The minimum absolute atomic E-state index is 0.0294. The second-order valence-electron chi connectivity index (χ2n) is 6.43. The van der Waals surface area contributed by atoms with Crippen LogP contribution in [0.1, 0.15) is 15.9 Å². The third-order valence-electron chi connectivity index (χ3n) is 4.52. The molecule has 30 heavy (non-hydrogen) atoms. The monoisotopic (exact) mass is 465 g/mol. The molecule has 0 aliphatic carbocycles. The Kier molecular flexibility index (Phi) is 5.42. The van der Waals surface area contributed by atoms with E-state index in [4.69, 9.17) is 23.2 Å².